The Labute approximate surface area is 305 Å². The van der Waals surface area contributed by atoms with Crippen LogP contribution >= 0.6 is 11.3 Å². The van der Waals surface area contributed by atoms with E-state index in [1.165, 1.54) is 69.7 Å². The minimum Gasteiger partial charge on any atom is -0.456 e. The molecule has 246 valence electrons. The summed E-state index contributed by atoms with van der Waals surface area (Å²) in [4.78, 5) is 2.42. The highest BCUT2D eigenvalue weighted by molar-refractivity contribution is 7.25. The van der Waals surface area contributed by atoms with Gasteiger partial charge in [-0.2, -0.15) is 0 Å². The van der Waals surface area contributed by atoms with Crippen LogP contribution in [0.15, 0.2) is 168 Å². The van der Waals surface area contributed by atoms with Crippen LogP contribution in [0.3, 0.4) is 0 Å². The van der Waals surface area contributed by atoms with Gasteiger partial charge < -0.3 is 9.32 Å². The monoisotopic (exact) mass is 683 g/mol. The molecule has 10 aromatic rings. The minimum atomic E-state index is -0.0420. The maximum Gasteiger partial charge on any atom is 0.136 e. The number of hydrogen-bond acceptors (Lipinski definition) is 3. The van der Waals surface area contributed by atoms with Crippen LogP contribution < -0.4 is 4.90 Å². The summed E-state index contributed by atoms with van der Waals surface area (Å²) in [7, 11) is 0. The molecule has 0 amide bonds. The predicted molar refractivity (Wildman–Crippen MR) is 222 cm³/mol. The van der Waals surface area contributed by atoms with Crippen molar-refractivity contribution in [2.24, 2.45) is 0 Å². The molecule has 0 aliphatic heterocycles. The molecule has 0 unspecified atom stereocenters. The molecular weight excluding hydrogens is 651 g/mol. The number of para-hydroxylation sites is 1. The van der Waals surface area contributed by atoms with Crippen molar-refractivity contribution in [2.75, 3.05) is 4.90 Å². The Balaban J connectivity index is 1.07. The fraction of sp³-hybridized carbons (Fsp3) is 0.0612. The highest BCUT2D eigenvalue weighted by Gasteiger charge is 2.35. The first kappa shape index (κ1) is 29.6. The van der Waals surface area contributed by atoms with Crippen molar-refractivity contribution in [1.82, 2.24) is 0 Å². The normalized spacial score (nSPS) is 13.3. The van der Waals surface area contributed by atoms with Crippen LogP contribution in [0.25, 0.3) is 75.1 Å². The molecule has 2 aromatic heterocycles. The molecule has 8 aromatic carbocycles. The lowest BCUT2D eigenvalue weighted by Gasteiger charge is -2.27. The molecule has 0 saturated heterocycles. The molecule has 0 N–H and O–H groups in total. The van der Waals surface area contributed by atoms with E-state index in [9.17, 15) is 0 Å². The Kier molecular flexibility index (Phi) is 6.21. The summed E-state index contributed by atoms with van der Waals surface area (Å²) in [5.41, 5.74) is 13.0. The Bertz CT molecular complexity index is 3050. The second-order valence-corrected chi connectivity index (χ2v) is 15.6. The summed E-state index contributed by atoms with van der Waals surface area (Å²) in [5.74, 6) is 0. The number of anilines is 3. The summed E-state index contributed by atoms with van der Waals surface area (Å²) < 4.78 is 8.85. The number of thiophene rings is 1. The molecule has 0 saturated carbocycles. The fourth-order valence-electron chi connectivity index (χ4n) is 8.67. The first-order valence-electron chi connectivity index (χ1n) is 17.9. The lowest BCUT2D eigenvalue weighted by molar-refractivity contribution is 0.660. The number of rotatable bonds is 4. The van der Waals surface area contributed by atoms with Gasteiger partial charge in [0.15, 0.2) is 0 Å². The van der Waals surface area contributed by atoms with Gasteiger partial charge in [-0.25, -0.2) is 0 Å². The lowest BCUT2D eigenvalue weighted by atomic mass is 9.82. The maximum absolute atomic E-state index is 6.23. The second kappa shape index (κ2) is 10.9. The minimum absolute atomic E-state index is 0.0420. The standard InChI is InChI=1S/C49H33NOS/c1-49(2)42-12-6-3-9-36(42)40-28-34(22-24-43(40)49)50(35-23-26-47-41(29-35)37-10-5-8-14-46(37)52-47)33-20-17-30(18-21-33)32-16-15-31-19-25-45-48(39(31)27-32)38-11-4-7-13-44(38)51-45/h3-29H,1-2H3. The summed E-state index contributed by atoms with van der Waals surface area (Å²) in [6, 6.07) is 60.1. The van der Waals surface area contributed by atoms with Gasteiger partial charge >= 0.3 is 0 Å². The van der Waals surface area contributed by atoms with Crippen LogP contribution in [-0.4, -0.2) is 0 Å². The molecule has 52 heavy (non-hydrogen) atoms. The van der Waals surface area contributed by atoms with Crippen molar-refractivity contribution in [3.8, 4) is 22.3 Å². The SMILES string of the molecule is CC1(C)c2ccccc2-c2cc(N(c3ccc(-c4ccc5ccc6oc7ccccc7c6c5c4)cc3)c3ccc4sc5ccccc5c4c3)ccc21. The quantitative estimate of drug-likeness (QED) is 0.184. The van der Waals surface area contributed by atoms with Crippen molar-refractivity contribution < 1.29 is 4.42 Å². The van der Waals surface area contributed by atoms with Gasteiger partial charge in [0.05, 0.1) is 0 Å². The first-order valence-corrected chi connectivity index (χ1v) is 18.7. The molecule has 0 bridgehead atoms. The Morgan fingerprint density at radius 1 is 0.462 bits per heavy atom. The van der Waals surface area contributed by atoms with Gasteiger partial charge in [0.1, 0.15) is 11.2 Å². The number of furan rings is 1. The number of fused-ring (bicyclic) bond motifs is 11. The molecule has 0 radical (unpaired) electrons. The maximum atomic E-state index is 6.23. The highest BCUT2D eigenvalue weighted by atomic mass is 32.1. The average Bonchev–Trinajstić information content (AvgIpc) is 3.83. The Morgan fingerprint density at radius 3 is 2.04 bits per heavy atom. The molecule has 2 nitrogen and oxygen atoms in total. The van der Waals surface area contributed by atoms with Crippen LogP contribution in [0.2, 0.25) is 0 Å². The zero-order valence-electron chi connectivity index (χ0n) is 28.9. The number of hydrogen-bond donors (Lipinski definition) is 0. The third kappa shape index (κ3) is 4.30. The van der Waals surface area contributed by atoms with Crippen LogP contribution in [0, 0.1) is 0 Å². The van der Waals surface area contributed by atoms with E-state index in [-0.39, 0.29) is 5.41 Å². The van der Waals surface area contributed by atoms with Crippen LogP contribution in [-0.2, 0) is 5.41 Å². The van der Waals surface area contributed by atoms with Crippen molar-refractivity contribution in [3.63, 3.8) is 0 Å². The third-order valence-electron chi connectivity index (χ3n) is 11.3. The highest BCUT2D eigenvalue weighted by Crippen LogP contribution is 2.51. The van der Waals surface area contributed by atoms with Crippen LogP contribution in [0.4, 0.5) is 17.1 Å². The van der Waals surface area contributed by atoms with E-state index in [0.717, 1.165) is 33.6 Å². The smallest absolute Gasteiger partial charge is 0.136 e. The van der Waals surface area contributed by atoms with E-state index in [1.54, 1.807) is 0 Å². The zero-order valence-corrected chi connectivity index (χ0v) is 29.7. The van der Waals surface area contributed by atoms with Gasteiger partial charge in [0.2, 0.25) is 0 Å². The summed E-state index contributed by atoms with van der Waals surface area (Å²) in [5, 5.41) is 7.35. The van der Waals surface area contributed by atoms with E-state index in [0.29, 0.717) is 0 Å². The van der Waals surface area contributed by atoms with E-state index in [2.05, 4.69) is 176 Å². The van der Waals surface area contributed by atoms with E-state index in [1.807, 2.05) is 17.4 Å². The van der Waals surface area contributed by atoms with Gasteiger partial charge in [-0.05, 0) is 111 Å². The van der Waals surface area contributed by atoms with E-state index >= 15 is 0 Å². The third-order valence-corrected chi connectivity index (χ3v) is 12.4. The molecular formula is C49H33NOS. The van der Waals surface area contributed by atoms with Gasteiger partial charge in [-0.3, -0.25) is 0 Å². The molecule has 11 rings (SSSR count). The van der Waals surface area contributed by atoms with Crippen molar-refractivity contribution in [2.45, 2.75) is 19.3 Å². The topological polar surface area (TPSA) is 16.4 Å². The summed E-state index contributed by atoms with van der Waals surface area (Å²) in [6.07, 6.45) is 0. The van der Waals surface area contributed by atoms with E-state index < -0.39 is 0 Å². The van der Waals surface area contributed by atoms with Gasteiger partial charge in [0, 0.05) is 53.4 Å². The lowest BCUT2D eigenvalue weighted by Crippen LogP contribution is -2.15. The number of benzene rings is 8. The van der Waals surface area contributed by atoms with Crippen LogP contribution in [0.5, 0.6) is 0 Å². The number of nitrogens with zero attached hydrogens (tertiary/aromatic N) is 1. The largest absolute Gasteiger partial charge is 0.456 e. The molecule has 3 heteroatoms. The van der Waals surface area contributed by atoms with Crippen molar-refractivity contribution in [1.29, 1.82) is 0 Å². The summed E-state index contributed by atoms with van der Waals surface area (Å²) >= 11 is 1.86. The zero-order chi connectivity index (χ0) is 34.6. The molecule has 2 heterocycles. The Morgan fingerprint density at radius 2 is 1.13 bits per heavy atom. The van der Waals surface area contributed by atoms with E-state index in [4.69, 9.17) is 4.42 Å². The van der Waals surface area contributed by atoms with Crippen LogP contribution in [0.1, 0.15) is 25.0 Å². The van der Waals surface area contributed by atoms with Crippen molar-refractivity contribution >= 4 is 81.3 Å². The molecule has 0 atom stereocenters. The van der Waals surface area contributed by atoms with Gasteiger partial charge in [-0.15, -0.1) is 11.3 Å². The molecule has 1 aliphatic rings. The fourth-order valence-corrected chi connectivity index (χ4v) is 9.76. The molecule has 0 fully saturated rings. The summed E-state index contributed by atoms with van der Waals surface area (Å²) in [6.45, 7) is 4.69. The van der Waals surface area contributed by atoms with Crippen molar-refractivity contribution in [3.05, 3.63) is 175 Å². The second-order valence-electron chi connectivity index (χ2n) is 14.5. The Hall–Kier alpha value is -6.16. The molecule has 0 spiro atoms. The first-order chi connectivity index (χ1) is 25.5. The van der Waals surface area contributed by atoms with Gasteiger partial charge in [-0.1, -0.05) is 111 Å². The molecule has 1 aliphatic carbocycles. The predicted octanol–water partition coefficient (Wildman–Crippen LogP) is 14.6. The average molecular weight is 684 g/mol. The van der Waals surface area contributed by atoms with Gasteiger partial charge in [0.25, 0.3) is 0 Å².